The molecule has 0 saturated heterocycles. The number of hydrogen-bond donors (Lipinski definition) is 2. The third-order valence-electron chi connectivity index (χ3n) is 2.79. The Morgan fingerprint density at radius 3 is 2.52 bits per heavy atom. The first-order valence-electron chi connectivity index (χ1n) is 6.31. The molecule has 0 spiro atoms. The second-order valence-electron chi connectivity index (χ2n) is 4.40. The lowest BCUT2D eigenvalue weighted by molar-refractivity contribution is -0.113. The van der Waals surface area contributed by atoms with Gasteiger partial charge in [0.05, 0.1) is 10.8 Å². The van der Waals surface area contributed by atoms with Crippen LogP contribution in [0.2, 0.25) is 0 Å². The molecule has 0 aliphatic heterocycles. The highest BCUT2D eigenvalue weighted by molar-refractivity contribution is 9.10. The molecule has 4 nitrogen and oxygen atoms in total. The van der Waals surface area contributed by atoms with E-state index >= 15 is 0 Å². The van der Waals surface area contributed by atoms with E-state index in [1.54, 1.807) is 30.3 Å². The van der Waals surface area contributed by atoms with Crippen LogP contribution in [0.25, 0.3) is 0 Å². The molecule has 1 atom stereocenters. The molecule has 0 aromatic heterocycles. The smallest absolute Gasteiger partial charge is 0.237 e. The molecule has 3 N–H and O–H groups in total. The molecule has 0 fully saturated rings. The van der Waals surface area contributed by atoms with Crippen molar-refractivity contribution in [1.82, 2.24) is 0 Å². The summed E-state index contributed by atoms with van der Waals surface area (Å²) >= 11 is 3.32. The largest absolute Gasteiger partial charge is 0.326 e. The van der Waals surface area contributed by atoms with Crippen LogP contribution in [0.1, 0.15) is 5.56 Å². The molecular weight excluding hydrogens is 352 g/mol. The van der Waals surface area contributed by atoms with E-state index in [1.807, 2.05) is 18.2 Å². The predicted octanol–water partition coefficient (Wildman–Crippen LogP) is 2.65. The van der Waals surface area contributed by atoms with Crippen molar-refractivity contribution < 1.29 is 9.00 Å². The standard InChI is InChI=1S/C15H15BrN2O2S/c16-12-2-1-3-14(8-12)21(20)10-15(19)18-13-6-4-11(9-17)5-7-13/h1-8H,9-10,17H2,(H,18,19). The Bertz CT molecular complexity index is 659. The maximum absolute atomic E-state index is 12.1. The fraction of sp³-hybridized carbons (Fsp3) is 0.133. The van der Waals surface area contributed by atoms with Gasteiger partial charge >= 0.3 is 0 Å². The SMILES string of the molecule is NCc1ccc(NC(=O)CS(=O)c2cccc(Br)c2)cc1. The van der Waals surface area contributed by atoms with Crippen molar-refractivity contribution in [3.63, 3.8) is 0 Å². The summed E-state index contributed by atoms with van der Waals surface area (Å²) in [7, 11) is -1.37. The first-order valence-corrected chi connectivity index (χ1v) is 8.42. The van der Waals surface area contributed by atoms with Gasteiger partial charge in [0.15, 0.2) is 0 Å². The third-order valence-corrected chi connectivity index (χ3v) is 4.59. The highest BCUT2D eigenvalue weighted by Crippen LogP contribution is 2.15. The van der Waals surface area contributed by atoms with Gasteiger partial charge in [-0.05, 0) is 35.9 Å². The van der Waals surface area contributed by atoms with Crippen molar-refractivity contribution in [2.24, 2.45) is 5.73 Å². The highest BCUT2D eigenvalue weighted by atomic mass is 79.9. The highest BCUT2D eigenvalue weighted by Gasteiger charge is 2.10. The lowest BCUT2D eigenvalue weighted by Gasteiger charge is -2.06. The molecule has 21 heavy (non-hydrogen) atoms. The average molecular weight is 367 g/mol. The van der Waals surface area contributed by atoms with Crippen LogP contribution in [-0.2, 0) is 22.1 Å². The number of hydrogen-bond acceptors (Lipinski definition) is 3. The van der Waals surface area contributed by atoms with Gasteiger partial charge in [-0.3, -0.25) is 9.00 Å². The Labute approximate surface area is 134 Å². The van der Waals surface area contributed by atoms with E-state index in [2.05, 4.69) is 21.2 Å². The average Bonchev–Trinajstić information content (AvgIpc) is 2.48. The van der Waals surface area contributed by atoms with E-state index in [0.29, 0.717) is 17.1 Å². The minimum absolute atomic E-state index is 0.0743. The summed E-state index contributed by atoms with van der Waals surface area (Å²) in [6.07, 6.45) is 0. The number of rotatable bonds is 5. The van der Waals surface area contributed by atoms with Gasteiger partial charge in [0, 0.05) is 21.6 Å². The number of carbonyl (C=O) groups excluding carboxylic acids is 1. The van der Waals surface area contributed by atoms with Crippen molar-refractivity contribution in [3.05, 3.63) is 58.6 Å². The molecule has 2 rings (SSSR count). The van der Waals surface area contributed by atoms with Crippen molar-refractivity contribution in [1.29, 1.82) is 0 Å². The third kappa shape index (κ3) is 4.77. The second kappa shape index (κ2) is 7.49. The van der Waals surface area contributed by atoms with Gasteiger partial charge in [-0.25, -0.2) is 0 Å². The van der Waals surface area contributed by atoms with Crippen LogP contribution >= 0.6 is 15.9 Å². The molecular formula is C15H15BrN2O2S. The zero-order chi connectivity index (χ0) is 15.2. The monoisotopic (exact) mass is 366 g/mol. The van der Waals surface area contributed by atoms with Crippen LogP contribution in [0, 0.1) is 0 Å². The van der Waals surface area contributed by atoms with Gasteiger partial charge in [0.2, 0.25) is 5.91 Å². The first kappa shape index (κ1) is 15.9. The minimum atomic E-state index is -1.37. The van der Waals surface area contributed by atoms with E-state index < -0.39 is 10.8 Å². The molecule has 2 aromatic carbocycles. The van der Waals surface area contributed by atoms with Gasteiger partial charge in [-0.1, -0.05) is 34.1 Å². The van der Waals surface area contributed by atoms with E-state index in [0.717, 1.165) is 10.0 Å². The summed E-state index contributed by atoms with van der Waals surface area (Å²) in [5.74, 6) is -0.358. The van der Waals surface area contributed by atoms with E-state index in [1.165, 1.54) is 0 Å². The summed E-state index contributed by atoms with van der Waals surface area (Å²) in [5.41, 5.74) is 7.17. The molecule has 6 heteroatoms. The summed E-state index contributed by atoms with van der Waals surface area (Å²) in [6, 6.07) is 14.4. The lowest BCUT2D eigenvalue weighted by Crippen LogP contribution is -2.19. The van der Waals surface area contributed by atoms with E-state index in [4.69, 9.17) is 5.73 Å². The Morgan fingerprint density at radius 1 is 1.19 bits per heavy atom. The molecule has 0 saturated carbocycles. The molecule has 0 aliphatic rings. The molecule has 110 valence electrons. The molecule has 0 heterocycles. The van der Waals surface area contributed by atoms with Crippen molar-refractivity contribution in [2.75, 3.05) is 11.1 Å². The quantitative estimate of drug-likeness (QED) is 0.854. The fourth-order valence-electron chi connectivity index (χ4n) is 1.73. The van der Waals surface area contributed by atoms with Crippen LogP contribution < -0.4 is 11.1 Å². The van der Waals surface area contributed by atoms with Gasteiger partial charge in [0.25, 0.3) is 0 Å². The number of nitrogens with two attached hydrogens (primary N) is 1. The van der Waals surface area contributed by atoms with Gasteiger partial charge < -0.3 is 11.1 Å². The van der Waals surface area contributed by atoms with Gasteiger partial charge in [-0.2, -0.15) is 0 Å². The van der Waals surface area contributed by atoms with Crippen molar-refractivity contribution in [2.45, 2.75) is 11.4 Å². The maximum atomic E-state index is 12.1. The molecule has 0 radical (unpaired) electrons. The van der Waals surface area contributed by atoms with Crippen LogP contribution in [0.3, 0.4) is 0 Å². The summed E-state index contributed by atoms with van der Waals surface area (Å²) in [5, 5.41) is 2.72. The van der Waals surface area contributed by atoms with Crippen LogP contribution in [0.4, 0.5) is 5.69 Å². The zero-order valence-corrected chi connectivity index (χ0v) is 13.6. The fourth-order valence-corrected chi connectivity index (χ4v) is 3.25. The van der Waals surface area contributed by atoms with E-state index in [9.17, 15) is 9.00 Å². The van der Waals surface area contributed by atoms with Crippen LogP contribution in [0.5, 0.6) is 0 Å². The Morgan fingerprint density at radius 2 is 1.90 bits per heavy atom. The van der Waals surface area contributed by atoms with Gasteiger partial charge in [-0.15, -0.1) is 0 Å². The Kier molecular flexibility index (Phi) is 5.67. The molecule has 2 aromatic rings. The summed E-state index contributed by atoms with van der Waals surface area (Å²) in [6.45, 7) is 0.459. The second-order valence-corrected chi connectivity index (χ2v) is 6.76. The number of amides is 1. The number of halogens is 1. The van der Waals surface area contributed by atoms with Crippen molar-refractivity contribution >= 4 is 38.3 Å². The van der Waals surface area contributed by atoms with Gasteiger partial charge in [0.1, 0.15) is 5.75 Å². The number of carbonyl (C=O) groups is 1. The summed E-state index contributed by atoms with van der Waals surface area (Å²) < 4.78 is 12.9. The Balaban J connectivity index is 1.96. The molecule has 1 unspecified atom stereocenters. The van der Waals surface area contributed by atoms with Crippen LogP contribution in [0.15, 0.2) is 57.9 Å². The topological polar surface area (TPSA) is 72.2 Å². The zero-order valence-electron chi connectivity index (χ0n) is 11.2. The number of nitrogens with one attached hydrogen (secondary N) is 1. The van der Waals surface area contributed by atoms with Crippen LogP contribution in [-0.4, -0.2) is 15.9 Å². The predicted molar refractivity (Wildman–Crippen MR) is 88.4 cm³/mol. The molecule has 0 bridgehead atoms. The normalized spacial score (nSPS) is 11.9. The molecule has 0 aliphatic carbocycles. The lowest BCUT2D eigenvalue weighted by atomic mass is 10.2. The Hall–Kier alpha value is -1.50. The first-order chi connectivity index (χ1) is 10.1. The molecule has 1 amide bonds. The minimum Gasteiger partial charge on any atom is -0.326 e. The van der Waals surface area contributed by atoms with Crippen molar-refractivity contribution in [3.8, 4) is 0 Å². The van der Waals surface area contributed by atoms with E-state index in [-0.39, 0.29) is 11.7 Å². The summed E-state index contributed by atoms with van der Waals surface area (Å²) in [4.78, 5) is 12.5. The number of anilines is 1. The maximum Gasteiger partial charge on any atom is 0.237 e. The number of benzene rings is 2.